The van der Waals surface area contributed by atoms with E-state index in [2.05, 4.69) is 13.8 Å². The standard InChI is InChI=1S/C17H23NO3/c1-13(2)14-5-3-4-6-15(14)16(19)18-9-7-17(8-10-18)20-11-12-21-17/h3-6,13H,7-12H2,1-2H3. The van der Waals surface area contributed by atoms with Gasteiger partial charge in [0.15, 0.2) is 5.79 Å². The minimum absolute atomic E-state index is 0.132. The maximum Gasteiger partial charge on any atom is 0.254 e. The Bertz CT molecular complexity index is 511. The molecule has 1 spiro atoms. The molecular formula is C17H23NO3. The molecule has 114 valence electrons. The van der Waals surface area contributed by atoms with Gasteiger partial charge in [0.1, 0.15) is 0 Å². The quantitative estimate of drug-likeness (QED) is 0.840. The van der Waals surface area contributed by atoms with Crippen LogP contribution in [-0.4, -0.2) is 42.9 Å². The fraction of sp³-hybridized carbons (Fsp3) is 0.588. The number of amides is 1. The third-order valence-electron chi connectivity index (χ3n) is 4.44. The summed E-state index contributed by atoms with van der Waals surface area (Å²) in [6, 6.07) is 7.92. The van der Waals surface area contributed by atoms with Crippen molar-refractivity contribution in [3.8, 4) is 0 Å². The first-order chi connectivity index (χ1) is 10.1. The first-order valence-corrected chi connectivity index (χ1v) is 7.77. The number of hydrogen-bond donors (Lipinski definition) is 0. The van der Waals surface area contributed by atoms with Gasteiger partial charge in [-0.25, -0.2) is 0 Å². The second kappa shape index (κ2) is 5.78. The number of nitrogens with zero attached hydrogens (tertiary/aromatic N) is 1. The molecule has 0 aromatic heterocycles. The minimum Gasteiger partial charge on any atom is -0.347 e. The van der Waals surface area contributed by atoms with Crippen LogP contribution in [0.1, 0.15) is 48.5 Å². The molecule has 2 saturated heterocycles. The normalized spacial score (nSPS) is 21.2. The Kier molecular flexibility index (Phi) is 4.00. The van der Waals surface area contributed by atoms with Crippen LogP contribution in [0.4, 0.5) is 0 Å². The Hall–Kier alpha value is -1.39. The zero-order valence-electron chi connectivity index (χ0n) is 12.8. The first kappa shape index (κ1) is 14.5. The molecule has 0 saturated carbocycles. The molecule has 4 heteroatoms. The van der Waals surface area contributed by atoms with Crippen molar-refractivity contribution in [2.24, 2.45) is 0 Å². The fourth-order valence-corrected chi connectivity index (χ4v) is 3.20. The summed E-state index contributed by atoms with van der Waals surface area (Å²) in [7, 11) is 0. The van der Waals surface area contributed by atoms with Crippen molar-refractivity contribution in [1.29, 1.82) is 0 Å². The smallest absolute Gasteiger partial charge is 0.254 e. The maximum absolute atomic E-state index is 12.8. The lowest BCUT2D eigenvalue weighted by Gasteiger charge is -2.37. The van der Waals surface area contributed by atoms with Crippen LogP contribution in [0.2, 0.25) is 0 Å². The van der Waals surface area contributed by atoms with Crippen molar-refractivity contribution in [2.75, 3.05) is 26.3 Å². The highest BCUT2D eigenvalue weighted by Gasteiger charge is 2.41. The monoisotopic (exact) mass is 289 g/mol. The van der Waals surface area contributed by atoms with Gasteiger partial charge < -0.3 is 14.4 Å². The lowest BCUT2D eigenvalue weighted by molar-refractivity contribution is -0.181. The molecule has 2 heterocycles. The van der Waals surface area contributed by atoms with Gasteiger partial charge in [-0.2, -0.15) is 0 Å². The minimum atomic E-state index is -0.422. The Morgan fingerprint density at radius 3 is 2.38 bits per heavy atom. The number of rotatable bonds is 2. The van der Waals surface area contributed by atoms with Gasteiger partial charge in [0.25, 0.3) is 5.91 Å². The number of ether oxygens (including phenoxy) is 2. The van der Waals surface area contributed by atoms with Crippen molar-refractivity contribution >= 4 is 5.91 Å². The van der Waals surface area contributed by atoms with Gasteiger partial charge in [-0.3, -0.25) is 4.79 Å². The van der Waals surface area contributed by atoms with E-state index >= 15 is 0 Å². The number of benzene rings is 1. The lowest BCUT2D eigenvalue weighted by atomic mass is 9.95. The third-order valence-corrected chi connectivity index (χ3v) is 4.44. The van der Waals surface area contributed by atoms with Crippen molar-refractivity contribution in [3.63, 3.8) is 0 Å². The van der Waals surface area contributed by atoms with Crippen LogP contribution in [0.5, 0.6) is 0 Å². The fourth-order valence-electron chi connectivity index (χ4n) is 3.20. The van der Waals surface area contributed by atoms with E-state index in [0.29, 0.717) is 32.2 Å². The van der Waals surface area contributed by atoms with Gasteiger partial charge in [0.05, 0.1) is 13.2 Å². The molecule has 21 heavy (non-hydrogen) atoms. The summed E-state index contributed by atoms with van der Waals surface area (Å²) in [4.78, 5) is 14.7. The molecule has 0 bridgehead atoms. The van der Waals surface area contributed by atoms with E-state index in [1.54, 1.807) is 0 Å². The van der Waals surface area contributed by atoms with E-state index in [0.717, 1.165) is 24.0 Å². The molecular weight excluding hydrogens is 266 g/mol. The van der Waals surface area contributed by atoms with Crippen LogP contribution >= 0.6 is 0 Å². The molecule has 2 fully saturated rings. The largest absolute Gasteiger partial charge is 0.347 e. The molecule has 4 nitrogen and oxygen atoms in total. The zero-order valence-corrected chi connectivity index (χ0v) is 12.8. The molecule has 0 aliphatic carbocycles. The van der Waals surface area contributed by atoms with E-state index in [9.17, 15) is 4.79 Å². The van der Waals surface area contributed by atoms with Crippen LogP contribution in [-0.2, 0) is 9.47 Å². The van der Waals surface area contributed by atoms with Gasteiger partial charge in [0, 0.05) is 31.5 Å². The van der Waals surface area contributed by atoms with Gasteiger partial charge in [-0.05, 0) is 17.5 Å². The number of carbonyl (C=O) groups excluding carboxylic acids is 1. The summed E-state index contributed by atoms with van der Waals surface area (Å²) in [5.74, 6) is 0.0591. The average molecular weight is 289 g/mol. The second-order valence-electron chi connectivity index (χ2n) is 6.14. The molecule has 1 aromatic rings. The number of likely N-dealkylation sites (tertiary alicyclic amines) is 1. The van der Waals surface area contributed by atoms with E-state index < -0.39 is 5.79 Å². The molecule has 2 aliphatic rings. The molecule has 0 radical (unpaired) electrons. The van der Waals surface area contributed by atoms with Crippen molar-refractivity contribution in [1.82, 2.24) is 4.90 Å². The highest BCUT2D eigenvalue weighted by Crippen LogP contribution is 2.32. The predicted molar refractivity (Wildman–Crippen MR) is 80.3 cm³/mol. The Balaban J connectivity index is 1.72. The Morgan fingerprint density at radius 2 is 1.76 bits per heavy atom. The van der Waals surface area contributed by atoms with Crippen LogP contribution in [0, 0.1) is 0 Å². The number of piperidine rings is 1. The average Bonchev–Trinajstić information content (AvgIpc) is 2.95. The summed E-state index contributed by atoms with van der Waals surface area (Å²) in [6.07, 6.45) is 1.53. The van der Waals surface area contributed by atoms with E-state index in [-0.39, 0.29) is 5.91 Å². The molecule has 3 rings (SSSR count). The highest BCUT2D eigenvalue weighted by molar-refractivity contribution is 5.96. The Labute approximate surface area is 126 Å². The third kappa shape index (κ3) is 2.83. The molecule has 1 amide bonds. The zero-order chi connectivity index (χ0) is 14.9. The Morgan fingerprint density at radius 1 is 1.14 bits per heavy atom. The SMILES string of the molecule is CC(C)c1ccccc1C(=O)N1CCC2(CC1)OCCO2. The lowest BCUT2D eigenvalue weighted by Crippen LogP contribution is -2.47. The van der Waals surface area contributed by atoms with Crippen molar-refractivity contribution in [2.45, 2.75) is 38.4 Å². The van der Waals surface area contributed by atoms with Crippen LogP contribution in [0.3, 0.4) is 0 Å². The topological polar surface area (TPSA) is 38.8 Å². The van der Waals surface area contributed by atoms with E-state index in [1.807, 2.05) is 29.2 Å². The van der Waals surface area contributed by atoms with Gasteiger partial charge >= 0.3 is 0 Å². The summed E-state index contributed by atoms with van der Waals surface area (Å²) in [5, 5.41) is 0. The van der Waals surface area contributed by atoms with Crippen LogP contribution in [0.15, 0.2) is 24.3 Å². The van der Waals surface area contributed by atoms with Crippen molar-refractivity contribution in [3.05, 3.63) is 35.4 Å². The summed E-state index contributed by atoms with van der Waals surface area (Å²) < 4.78 is 11.4. The molecule has 2 aliphatic heterocycles. The van der Waals surface area contributed by atoms with Crippen molar-refractivity contribution < 1.29 is 14.3 Å². The number of carbonyl (C=O) groups is 1. The maximum atomic E-state index is 12.8. The number of hydrogen-bond acceptors (Lipinski definition) is 3. The van der Waals surface area contributed by atoms with Crippen LogP contribution < -0.4 is 0 Å². The summed E-state index contributed by atoms with van der Waals surface area (Å²) in [5.41, 5.74) is 1.95. The molecule has 0 atom stereocenters. The molecule has 0 N–H and O–H groups in total. The summed E-state index contributed by atoms with van der Waals surface area (Å²) in [6.45, 7) is 6.99. The molecule has 1 aromatic carbocycles. The van der Waals surface area contributed by atoms with Gasteiger partial charge in [0.2, 0.25) is 0 Å². The molecule has 0 unspecified atom stereocenters. The summed E-state index contributed by atoms with van der Waals surface area (Å²) >= 11 is 0. The second-order valence-corrected chi connectivity index (χ2v) is 6.14. The van der Waals surface area contributed by atoms with Gasteiger partial charge in [-0.15, -0.1) is 0 Å². The van der Waals surface area contributed by atoms with Crippen LogP contribution in [0.25, 0.3) is 0 Å². The van der Waals surface area contributed by atoms with E-state index in [1.165, 1.54) is 0 Å². The highest BCUT2D eigenvalue weighted by atomic mass is 16.7. The first-order valence-electron chi connectivity index (χ1n) is 7.77. The predicted octanol–water partition coefficient (Wildman–Crippen LogP) is 2.79. The van der Waals surface area contributed by atoms with E-state index in [4.69, 9.17) is 9.47 Å². The van der Waals surface area contributed by atoms with Gasteiger partial charge in [-0.1, -0.05) is 32.0 Å².